The molecule has 0 amide bonds. The van der Waals surface area contributed by atoms with Gasteiger partial charge >= 0.3 is 0 Å². The average Bonchev–Trinajstić information content (AvgIpc) is 2.23. The van der Waals surface area contributed by atoms with Crippen molar-refractivity contribution in [1.29, 1.82) is 0 Å². The van der Waals surface area contributed by atoms with Gasteiger partial charge in [0.1, 0.15) is 5.75 Å². The minimum atomic E-state index is 0.413. The first kappa shape index (κ1) is 11.7. The highest BCUT2D eigenvalue weighted by molar-refractivity contribution is 9.10. The summed E-state index contributed by atoms with van der Waals surface area (Å²) in [7, 11) is 1.69. The molecule has 0 bridgehead atoms. The van der Waals surface area contributed by atoms with Crippen LogP contribution in [0.5, 0.6) is 5.75 Å². The standard InChI is InChI=1S/C12H17BrN2O/c1-16-12-3-2-9(13)6-11(12)15-7-8-4-10(14)5-8/h2-3,6,8,10,15H,4-5,7,14H2,1H3. The molecule has 1 aliphatic rings. The van der Waals surface area contributed by atoms with Gasteiger partial charge in [-0.2, -0.15) is 0 Å². The molecule has 1 aromatic carbocycles. The van der Waals surface area contributed by atoms with E-state index >= 15 is 0 Å². The average molecular weight is 285 g/mol. The first-order chi connectivity index (χ1) is 7.69. The van der Waals surface area contributed by atoms with Crippen LogP contribution < -0.4 is 15.8 Å². The van der Waals surface area contributed by atoms with Gasteiger partial charge in [-0.1, -0.05) is 15.9 Å². The van der Waals surface area contributed by atoms with Crippen LogP contribution in [0.15, 0.2) is 22.7 Å². The maximum atomic E-state index is 5.76. The number of methoxy groups -OCH3 is 1. The summed E-state index contributed by atoms with van der Waals surface area (Å²) in [6.07, 6.45) is 2.26. The highest BCUT2D eigenvalue weighted by Gasteiger charge is 2.25. The first-order valence-electron chi connectivity index (χ1n) is 5.52. The fourth-order valence-corrected chi connectivity index (χ4v) is 2.39. The largest absolute Gasteiger partial charge is 0.495 e. The van der Waals surface area contributed by atoms with Gasteiger partial charge in [0.25, 0.3) is 0 Å². The number of ether oxygens (including phenoxy) is 1. The molecule has 16 heavy (non-hydrogen) atoms. The van der Waals surface area contributed by atoms with E-state index in [-0.39, 0.29) is 0 Å². The molecular weight excluding hydrogens is 268 g/mol. The van der Waals surface area contributed by atoms with Gasteiger partial charge in [0.05, 0.1) is 12.8 Å². The molecule has 0 spiro atoms. The van der Waals surface area contributed by atoms with Gasteiger partial charge in [0, 0.05) is 17.1 Å². The van der Waals surface area contributed by atoms with Crippen molar-refractivity contribution in [1.82, 2.24) is 0 Å². The third-order valence-electron chi connectivity index (χ3n) is 3.01. The predicted octanol–water partition coefficient (Wildman–Crippen LogP) is 2.61. The molecule has 1 fully saturated rings. The Balaban J connectivity index is 1.94. The highest BCUT2D eigenvalue weighted by atomic mass is 79.9. The van der Waals surface area contributed by atoms with Crippen molar-refractivity contribution >= 4 is 21.6 Å². The van der Waals surface area contributed by atoms with Gasteiger partial charge in [-0.05, 0) is 37.0 Å². The van der Waals surface area contributed by atoms with Crippen LogP contribution in [0.4, 0.5) is 5.69 Å². The summed E-state index contributed by atoms with van der Waals surface area (Å²) in [5.41, 5.74) is 6.80. The number of nitrogens with one attached hydrogen (secondary N) is 1. The number of hydrogen-bond acceptors (Lipinski definition) is 3. The zero-order valence-electron chi connectivity index (χ0n) is 9.37. The molecular formula is C12H17BrN2O. The summed E-state index contributed by atoms with van der Waals surface area (Å²) in [4.78, 5) is 0. The molecule has 1 saturated carbocycles. The summed E-state index contributed by atoms with van der Waals surface area (Å²) in [6.45, 7) is 0.973. The van der Waals surface area contributed by atoms with Crippen LogP contribution in [-0.2, 0) is 0 Å². The fraction of sp³-hybridized carbons (Fsp3) is 0.500. The van der Waals surface area contributed by atoms with E-state index in [2.05, 4.69) is 21.2 Å². The van der Waals surface area contributed by atoms with Crippen molar-refractivity contribution in [3.8, 4) is 5.75 Å². The Labute approximate surface area is 104 Å². The predicted molar refractivity (Wildman–Crippen MR) is 69.9 cm³/mol. The Hall–Kier alpha value is -0.740. The van der Waals surface area contributed by atoms with E-state index in [4.69, 9.17) is 10.5 Å². The summed E-state index contributed by atoms with van der Waals surface area (Å²) in [5.74, 6) is 1.59. The van der Waals surface area contributed by atoms with Crippen LogP contribution in [0.1, 0.15) is 12.8 Å². The van der Waals surface area contributed by atoms with Crippen molar-refractivity contribution < 1.29 is 4.74 Å². The molecule has 3 N–H and O–H groups in total. The van der Waals surface area contributed by atoms with Crippen molar-refractivity contribution in [3.63, 3.8) is 0 Å². The van der Waals surface area contributed by atoms with Crippen LogP contribution in [0, 0.1) is 5.92 Å². The summed E-state index contributed by atoms with van der Waals surface area (Å²) >= 11 is 3.46. The second kappa shape index (κ2) is 5.06. The van der Waals surface area contributed by atoms with Crippen LogP contribution in [0.25, 0.3) is 0 Å². The topological polar surface area (TPSA) is 47.3 Å². The second-order valence-corrected chi connectivity index (χ2v) is 5.24. The number of hydrogen-bond donors (Lipinski definition) is 2. The monoisotopic (exact) mass is 284 g/mol. The minimum absolute atomic E-state index is 0.413. The SMILES string of the molecule is COc1ccc(Br)cc1NCC1CC(N)C1. The quantitative estimate of drug-likeness (QED) is 0.894. The molecule has 1 aromatic rings. The Morgan fingerprint density at radius 2 is 2.25 bits per heavy atom. The molecule has 0 unspecified atom stereocenters. The first-order valence-corrected chi connectivity index (χ1v) is 6.31. The van der Waals surface area contributed by atoms with Crippen LogP contribution in [0.2, 0.25) is 0 Å². The maximum Gasteiger partial charge on any atom is 0.142 e. The van der Waals surface area contributed by atoms with Gasteiger partial charge in [0.2, 0.25) is 0 Å². The molecule has 4 heteroatoms. The number of halogens is 1. The Morgan fingerprint density at radius 1 is 1.50 bits per heavy atom. The molecule has 0 saturated heterocycles. The smallest absolute Gasteiger partial charge is 0.142 e. The molecule has 0 heterocycles. The van der Waals surface area contributed by atoms with E-state index in [0.717, 1.165) is 35.3 Å². The lowest BCUT2D eigenvalue weighted by molar-refractivity contribution is 0.280. The maximum absolute atomic E-state index is 5.76. The van der Waals surface area contributed by atoms with Crippen LogP contribution >= 0.6 is 15.9 Å². The van der Waals surface area contributed by atoms with Crippen LogP contribution in [-0.4, -0.2) is 19.7 Å². The lowest BCUT2D eigenvalue weighted by Gasteiger charge is -2.32. The Morgan fingerprint density at radius 3 is 2.88 bits per heavy atom. The second-order valence-electron chi connectivity index (χ2n) is 4.32. The third-order valence-corrected chi connectivity index (χ3v) is 3.51. The molecule has 88 valence electrons. The number of anilines is 1. The zero-order chi connectivity index (χ0) is 11.5. The molecule has 2 rings (SSSR count). The molecule has 0 aromatic heterocycles. The fourth-order valence-electron chi connectivity index (χ4n) is 2.03. The van der Waals surface area contributed by atoms with Crippen LogP contribution in [0.3, 0.4) is 0 Å². The minimum Gasteiger partial charge on any atom is -0.495 e. The normalized spacial score (nSPS) is 23.7. The molecule has 0 aliphatic heterocycles. The van der Waals surface area contributed by atoms with E-state index in [9.17, 15) is 0 Å². The van der Waals surface area contributed by atoms with E-state index in [0.29, 0.717) is 12.0 Å². The van der Waals surface area contributed by atoms with Crippen molar-refractivity contribution in [2.24, 2.45) is 11.7 Å². The number of nitrogens with two attached hydrogens (primary N) is 1. The molecule has 1 aliphatic carbocycles. The highest BCUT2D eigenvalue weighted by Crippen LogP contribution is 2.30. The lowest BCUT2D eigenvalue weighted by Crippen LogP contribution is -2.39. The van der Waals surface area contributed by atoms with Crippen molar-refractivity contribution in [2.45, 2.75) is 18.9 Å². The van der Waals surface area contributed by atoms with Crippen molar-refractivity contribution in [2.75, 3.05) is 19.0 Å². The van der Waals surface area contributed by atoms with E-state index in [1.807, 2.05) is 18.2 Å². The van der Waals surface area contributed by atoms with Gasteiger partial charge < -0.3 is 15.8 Å². The summed E-state index contributed by atoms with van der Waals surface area (Å²) in [6, 6.07) is 6.39. The number of rotatable bonds is 4. The summed E-state index contributed by atoms with van der Waals surface area (Å²) < 4.78 is 6.35. The van der Waals surface area contributed by atoms with E-state index in [1.54, 1.807) is 7.11 Å². The van der Waals surface area contributed by atoms with Gasteiger partial charge in [-0.15, -0.1) is 0 Å². The zero-order valence-corrected chi connectivity index (χ0v) is 11.0. The Kier molecular flexibility index (Phi) is 3.71. The van der Waals surface area contributed by atoms with Gasteiger partial charge in [0.15, 0.2) is 0 Å². The Bertz CT molecular complexity index is 364. The molecule has 3 nitrogen and oxygen atoms in total. The van der Waals surface area contributed by atoms with Crippen molar-refractivity contribution in [3.05, 3.63) is 22.7 Å². The van der Waals surface area contributed by atoms with E-state index in [1.165, 1.54) is 0 Å². The third kappa shape index (κ3) is 2.68. The van der Waals surface area contributed by atoms with Gasteiger partial charge in [-0.3, -0.25) is 0 Å². The lowest BCUT2D eigenvalue weighted by atomic mass is 9.81. The van der Waals surface area contributed by atoms with E-state index < -0.39 is 0 Å². The number of benzene rings is 1. The molecule has 0 radical (unpaired) electrons. The van der Waals surface area contributed by atoms with Gasteiger partial charge in [-0.25, -0.2) is 0 Å². The molecule has 0 atom stereocenters. The summed E-state index contributed by atoms with van der Waals surface area (Å²) in [5, 5.41) is 3.42.